The molecule has 0 saturated carbocycles. The largest absolute Gasteiger partial charge is 0.488 e. The molecule has 166 valence electrons. The SMILES string of the molecule is CC[C@H](C)CC(=O)N1CCc2c(C(=O)OC)c(OCc3cccnc3)cc(=O)n2CC1. The van der Waals surface area contributed by atoms with Gasteiger partial charge in [0.25, 0.3) is 5.56 Å². The quantitative estimate of drug-likeness (QED) is 0.631. The van der Waals surface area contributed by atoms with Crippen molar-refractivity contribution >= 4 is 11.9 Å². The number of esters is 1. The van der Waals surface area contributed by atoms with E-state index < -0.39 is 5.97 Å². The summed E-state index contributed by atoms with van der Waals surface area (Å²) in [4.78, 5) is 44.0. The number of ether oxygens (including phenoxy) is 2. The molecule has 3 heterocycles. The Morgan fingerprint density at radius 3 is 2.74 bits per heavy atom. The normalized spacial score (nSPS) is 14.4. The van der Waals surface area contributed by atoms with Gasteiger partial charge in [-0.25, -0.2) is 4.79 Å². The minimum atomic E-state index is -0.565. The monoisotopic (exact) mass is 427 g/mol. The standard InChI is InChI=1S/C23H29N3O5/c1-4-16(2)12-20(27)25-9-7-18-22(23(29)30-3)19(13-21(28)26(18)11-10-25)31-15-17-6-5-8-24-14-17/h5-6,8,13-14,16H,4,7,9-12,15H2,1-3H3/t16-/m0/s1. The Bertz CT molecular complexity index is 987. The van der Waals surface area contributed by atoms with E-state index in [0.29, 0.717) is 44.1 Å². The molecule has 31 heavy (non-hydrogen) atoms. The second kappa shape index (κ2) is 10.2. The molecule has 3 rings (SSSR count). The first kappa shape index (κ1) is 22.5. The van der Waals surface area contributed by atoms with E-state index in [1.807, 2.05) is 6.07 Å². The molecule has 1 atom stereocenters. The van der Waals surface area contributed by atoms with E-state index in [1.165, 1.54) is 13.2 Å². The van der Waals surface area contributed by atoms with E-state index in [9.17, 15) is 14.4 Å². The maximum absolute atomic E-state index is 12.8. The second-order valence-electron chi connectivity index (χ2n) is 7.81. The van der Waals surface area contributed by atoms with Gasteiger partial charge in [-0.05, 0) is 12.0 Å². The maximum Gasteiger partial charge on any atom is 0.343 e. The molecular weight excluding hydrogens is 398 g/mol. The van der Waals surface area contributed by atoms with E-state index in [4.69, 9.17) is 9.47 Å². The van der Waals surface area contributed by atoms with Crippen LogP contribution < -0.4 is 10.3 Å². The van der Waals surface area contributed by atoms with Crippen molar-refractivity contribution < 1.29 is 19.1 Å². The van der Waals surface area contributed by atoms with Crippen molar-refractivity contribution in [1.29, 1.82) is 0 Å². The topological polar surface area (TPSA) is 90.7 Å². The van der Waals surface area contributed by atoms with Crippen molar-refractivity contribution in [2.24, 2.45) is 5.92 Å². The Morgan fingerprint density at radius 1 is 1.26 bits per heavy atom. The van der Waals surface area contributed by atoms with Gasteiger partial charge in [0.1, 0.15) is 17.9 Å². The first-order chi connectivity index (χ1) is 14.9. The number of hydrogen-bond acceptors (Lipinski definition) is 6. The zero-order valence-electron chi connectivity index (χ0n) is 18.3. The van der Waals surface area contributed by atoms with Crippen LogP contribution in [0, 0.1) is 5.92 Å². The van der Waals surface area contributed by atoms with Crippen LogP contribution in [0.3, 0.4) is 0 Å². The smallest absolute Gasteiger partial charge is 0.343 e. The first-order valence-corrected chi connectivity index (χ1v) is 10.6. The predicted octanol–water partition coefficient (Wildman–Crippen LogP) is 2.43. The van der Waals surface area contributed by atoms with Crippen LogP contribution in [0.5, 0.6) is 5.75 Å². The van der Waals surface area contributed by atoms with Gasteiger partial charge in [-0.15, -0.1) is 0 Å². The number of methoxy groups -OCH3 is 1. The Labute approximate surface area is 181 Å². The van der Waals surface area contributed by atoms with Gasteiger partial charge in [0.2, 0.25) is 5.91 Å². The lowest BCUT2D eigenvalue weighted by Gasteiger charge is -2.21. The molecule has 0 fully saturated rings. The number of rotatable bonds is 7. The van der Waals surface area contributed by atoms with Crippen LogP contribution in [0.15, 0.2) is 35.4 Å². The van der Waals surface area contributed by atoms with E-state index in [-0.39, 0.29) is 29.4 Å². The van der Waals surface area contributed by atoms with Crippen molar-refractivity contribution in [1.82, 2.24) is 14.5 Å². The highest BCUT2D eigenvalue weighted by atomic mass is 16.5. The van der Waals surface area contributed by atoms with E-state index in [1.54, 1.807) is 27.9 Å². The van der Waals surface area contributed by atoms with Gasteiger partial charge in [0.15, 0.2) is 0 Å². The lowest BCUT2D eigenvalue weighted by molar-refractivity contribution is -0.132. The van der Waals surface area contributed by atoms with Gasteiger partial charge in [-0.3, -0.25) is 14.6 Å². The second-order valence-corrected chi connectivity index (χ2v) is 7.81. The summed E-state index contributed by atoms with van der Waals surface area (Å²) in [6.45, 7) is 5.47. The van der Waals surface area contributed by atoms with E-state index in [2.05, 4.69) is 18.8 Å². The number of carbonyl (C=O) groups excluding carboxylic acids is 2. The van der Waals surface area contributed by atoms with Crippen molar-refractivity contribution in [3.8, 4) is 5.75 Å². The summed E-state index contributed by atoms with van der Waals surface area (Å²) in [5.41, 5.74) is 1.33. The lowest BCUT2D eigenvalue weighted by Crippen LogP contribution is -2.35. The van der Waals surface area contributed by atoms with Crippen LogP contribution >= 0.6 is 0 Å². The maximum atomic E-state index is 12.8. The Kier molecular flexibility index (Phi) is 7.44. The Balaban J connectivity index is 1.89. The number of pyridine rings is 2. The van der Waals surface area contributed by atoms with Crippen molar-refractivity contribution in [2.75, 3.05) is 20.2 Å². The van der Waals surface area contributed by atoms with Crippen LogP contribution in [0.1, 0.15) is 48.3 Å². The Hall–Kier alpha value is -3.16. The summed E-state index contributed by atoms with van der Waals surface area (Å²) in [5.74, 6) is -0.00233. The summed E-state index contributed by atoms with van der Waals surface area (Å²) < 4.78 is 12.4. The van der Waals surface area contributed by atoms with Crippen LogP contribution in [-0.2, 0) is 29.1 Å². The molecule has 0 aromatic carbocycles. The van der Waals surface area contributed by atoms with Gasteiger partial charge < -0.3 is 18.9 Å². The number of amides is 1. The molecule has 2 aromatic heterocycles. The highest BCUT2D eigenvalue weighted by Crippen LogP contribution is 2.25. The number of aromatic nitrogens is 2. The third-order valence-corrected chi connectivity index (χ3v) is 5.67. The molecule has 0 spiro atoms. The molecule has 0 radical (unpaired) electrons. The average Bonchev–Trinajstić information content (AvgIpc) is 3.01. The zero-order valence-corrected chi connectivity index (χ0v) is 18.3. The van der Waals surface area contributed by atoms with Gasteiger partial charge in [0, 0.05) is 62.2 Å². The fourth-order valence-electron chi connectivity index (χ4n) is 3.65. The summed E-state index contributed by atoms with van der Waals surface area (Å²) >= 11 is 0. The average molecular weight is 428 g/mol. The molecule has 0 saturated heterocycles. The highest BCUT2D eigenvalue weighted by Gasteiger charge is 2.27. The summed E-state index contributed by atoms with van der Waals surface area (Å²) in [5, 5.41) is 0. The highest BCUT2D eigenvalue weighted by molar-refractivity contribution is 5.93. The molecule has 0 unspecified atom stereocenters. The zero-order chi connectivity index (χ0) is 22.4. The van der Waals surface area contributed by atoms with Gasteiger partial charge in [-0.2, -0.15) is 0 Å². The molecule has 0 N–H and O–H groups in total. The van der Waals surface area contributed by atoms with Crippen LogP contribution in [0.25, 0.3) is 0 Å². The number of fused-ring (bicyclic) bond motifs is 1. The predicted molar refractivity (Wildman–Crippen MR) is 115 cm³/mol. The molecule has 2 aromatic rings. The molecular formula is C23H29N3O5. The Morgan fingerprint density at radius 2 is 2.06 bits per heavy atom. The van der Waals surface area contributed by atoms with Crippen LogP contribution in [0.2, 0.25) is 0 Å². The van der Waals surface area contributed by atoms with E-state index in [0.717, 1.165) is 12.0 Å². The minimum Gasteiger partial charge on any atom is -0.488 e. The molecule has 1 aliphatic rings. The van der Waals surface area contributed by atoms with Crippen molar-refractivity contribution in [2.45, 2.75) is 46.3 Å². The molecule has 8 nitrogen and oxygen atoms in total. The summed E-state index contributed by atoms with van der Waals surface area (Å²) in [7, 11) is 1.30. The molecule has 0 aliphatic carbocycles. The fourth-order valence-corrected chi connectivity index (χ4v) is 3.65. The number of hydrogen-bond donors (Lipinski definition) is 0. The van der Waals surface area contributed by atoms with E-state index >= 15 is 0 Å². The van der Waals surface area contributed by atoms with Crippen LogP contribution in [0.4, 0.5) is 0 Å². The number of carbonyl (C=O) groups is 2. The number of nitrogens with zero attached hydrogens (tertiary/aromatic N) is 3. The summed E-state index contributed by atoms with van der Waals surface area (Å²) in [6, 6.07) is 4.96. The van der Waals surface area contributed by atoms with Gasteiger partial charge in [-0.1, -0.05) is 26.3 Å². The summed E-state index contributed by atoms with van der Waals surface area (Å²) in [6.07, 6.45) is 5.10. The third-order valence-electron chi connectivity index (χ3n) is 5.67. The van der Waals surface area contributed by atoms with Gasteiger partial charge >= 0.3 is 5.97 Å². The minimum absolute atomic E-state index is 0.0721. The molecule has 8 heteroatoms. The van der Waals surface area contributed by atoms with Crippen LogP contribution in [-0.4, -0.2) is 46.5 Å². The van der Waals surface area contributed by atoms with Crippen molar-refractivity contribution in [3.63, 3.8) is 0 Å². The van der Waals surface area contributed by atoms with Crippen molar-refractivity contribution in [3.05, 3.63) is 57.8 Å². The molecule has 1 amide bonds. The fraction of sp³-hybridized carbons (Fsp3) is 0.478. The lowest BCUT2D eigenvalue weighted by atomic mass is 10.0. The molecule has 0 bridgehead atoms. The van der Waals surface area contributed by atoms with Gasteiger partial charge in [0.05, 0.1) is 7.11 Å². The molecule has 1 aliphatic heterocycles. The third kappa shape index (κ3) is 5.31. The first-order valence-electron chi connectivity index (χ1n) is 10.6.